The van der Waals surface area contributed by atoms with Gasteiger partial charge in [0.1, 0.15) is 23.2 Å². The first-order chi connectivity index (χ1) is 8.54. The molecule has 0 saturated carbocycles. The fourth-order valence-electron chi connectivity index (χ4n) is 2.10. The molecule has 0 atom stereocenters. The smallest absolute Gasteiger partial charge is 0.131 e. The van der Waals surface area contributed by atoms with Crippen molar-refractivity contribution in [1.29, 1.82) is 0 Å². The Morgan fingerprint density at radius 1 is 1.39 bits per heavy atom. The summed E-state index contributed by atoms with van der Waals surface area (Å²) in [6.07, 6.45) is 1.91. The van der Waals surface area contributed by atoms with E-state index in [9.17, 15) is 4.39 Å². The molecule has 2 aromatic rings. The van der Waals surface area contributed by atoms with Crippen LogP contribution in [0.1, 0.15) is 24.7 Å². The van der Waals surface area contributed by atoms with Gasteiger partial charge in [0.05, 0.1) is 0 Å². The van der Waals surface area contributed by atoms with E-state index in [4.69, 9.17) is 5.73 Å². The topological polar surface area (TPSA) is 43.8 Å². The molecule has 96 valence electrons. The number of benzene rings is 1. The van der Waals surface area contributed by atoms with Crippen LogP contribution >= 0.6 is 0 Å². The van der Waals surface area contributed by atoms with Crippen molar-refractivity contribution in [2.45, 2.75) is 26.7 Å². The second-order valence-corrected chi connectivity index (χ2v) is 4.53. The van der Waals surface area contributed by atoms with E-state index in [2.05, 4.69) is 11.9 Å². The van der Waals surface area contributed by atoms with Gasteiger partial charge in [0.2, 0.25) is 0 Å². The first-order valence-electron chi connectivity index (χ1n) is 6.12. The van der Waals surface area contributed by atoms with Crippen LogP contribution in [0, 0.1) is 12.7 Å². The van der Waals surface area contributed by atoms with Crippen molar-refractivity contribution in [1.82, 2.24) is 9.55 Å². The molecule has 2 N–H and O–H groups in total. The Morgan fingerprint density at radius 2 is 2.11 bits per heavy atom. The first-order valence-corrected chi connectivity index (χ1v) is 6.12. The summed E-state index contributed by atoms with van der Waals surface area (Å²) < 4.78 is 15.0. The highest BCUT2D eigenvalue weighted by molar-refractivity contribution is 5.73. The Bertz CT molecular complexity index is 573. The summed E-state index contributed by atoms with van der Waals surface area (Å²) in [5.74, 6) is 1.36. The van der Waals surface area contributed by atoms with Crippen molar-refractivity contribution >= 4 is 5.82 Å². The lowest BCUT2D eigenvalue weighted by atomic mass is 10.1. The fraction of sp³-hybridized carbons (Fsp3) is 0.357. The van der Waals surface area contributed by atoms with Crippen LogP contribution in [-0.2, 0) is 13.5 Å². The molecule has 1 heterocycles. The molecule has 2 rings (SSSR count). The van der Waals surface area contributed by atoms with E-state index in [1.54, 1.807) is 6.07 Å². The van der Waals surface area contributed by atoms with Crippen molar-refractivity contribution in [3.05, 3.63) is 35.4 Å². The van der Waals surface area contributed by atoms with E-state index < -0.39 is 0 Å². The van der Waals surface area contributed by atoms with Crippen molar-refractivity contribution in [3.8, 4) is 11.3 Å². The molecule has 1 aromatic carbocycles. The number of halogens is 1. The number of nitrogens with two attached hydrogens (primary N) is 1. The molecule has 0 amide bonds. The maximum Gasteiger partial charge on any atom is 0.131 e. The van der Waals surface area contributed by atoms with Gasteiger partial charge in [0.25, 0.3) is 0 Å². The van der Waals surface area contributed by atoms with Crippen molar-refractivity contribution in [3.63, 3.8) is 0 Å². The van der Waals surface area contributed by atoms with Gasteiger partial charge >= 0.3 is 0 Å². The number of aryl methyl sites for hydroxylation is 2. The van der Waals surface area contributed by atoms with Crippen LogP contribution in [-0.4, -0.2) is 9.55 Å². The predicted octanol–water partition coefficient (Wildman–Crippen LogP) is 3.07. The summed E-state index contributed by atoms with van der Waals surface area (Å²) in [5, 5.41) is 0. The van der Waals surface area contributed by atoms with Crippen LogP contribution in [0.4, 0.5) is 10.2 Å². The van der Waals surface area contributed by atoms with E-state index in [-0.39, 0.29) is 5.82 Å². The van der Waals surface area contributed by atoms with Gasteiger partial charge in [-0.1, -0.05) is 6.92 Å². The average molecular weight is 247 g/mol. The minimum Gasteiger partial charge on any atom is -0.383 e. The zero-order valence-electron chi connectivity index (χ0n) is 11.0. The van der Waals surface area contributed by atoms with E-state index in [0.29, 0.717) is 5.82 Å². The maximum atomic E-state index is 13.1. The second-order valence-electron chi connectivity index (χ2n) is 4.53. The molecule has 0 spiro atoms. The Hall–Kier alpha value is -1.84. The van der Waals surface area contributed by atoms with Crippen LogP contribution in [0.2, 0.25) is 0 Å². The minimum atomic E-state index is -0.237. The van der Waals surface area contributed by atoms with E-state index >= 15 is 0 Å². The zero-order valence-corrected chi connectivity index (χ0v) is 11.0. The lowest BCUT2D eigenvalue weighted by Gasteiger charge is -2.04. The fourth-order valence-corrected chi connectivity index (χ4v) is 2.10. The Kier molecular flexibility index (Phi) is 3.36. The summed E-state index contributed by atoms with van der Waals surface area (Å²) in [6, 6.07) is 4.68. The number of anilines is 1. The number of hydrogen-bond donors (Lipinski definition) is 1. The number of aromatic nitrogens is 2. The summed E-state index contributed by atoms with van der Waals surface area (Å²) >= 11 is 0. The van der Waals surface area contributed by atoms with Crippen LogP contribution < -0.4 is 5.73 Å². The molecular formula is C14H18FN3. The molecule has 18 heavy (non-hydrogen) atoms. The van der Waals surface area contributed by atoms with Gasteiger partial charge in [-0.15, -0.1) is 0 Å². The number of imidazole rings is 1. The van der Waals surface area contributed by atoms with E-state index in [1.165, 1.54) is 12.1 Å². The van der Waals surface area contributed by atoms with E-state index in [1.807, 2.05) is 18.5 Å². The molecule has 0 radical (unpaired) electrons. The molecule has 1 aromatic heterocycles. The van der Waals surface area contributed by atoms with Gasteiger partial charge in [0, 0.05) is 19.0 Å². The number of hydrogen-bond acceptors (Lipinski definition) is 2. The molecule has 3 nitrogen and oxygen atoms in total. The Morgan fingerprint density at radius 3 is 2.72 bits per heavy atom. The van der Waals surface area contributed by atoms with E-state index in [0.717, 1.165) is 35.5 Å². The predicted molar refractivity (Wildman–Crippen MR) is 71.7 cm³/mol. The third kappa shape index (κ3) is 2.10. The quantitative estimate of drug-likeness (QED) is 0.905. The zero-order chi connectivity index (χ0) is 13.3. The molecule has 0 unspecified atom stereocenters. The first kappa shape index (κ1) is 12.6. The van der Waals surface area contributed by atoms with Crippen LogP contribution in [0.25, 0.3) is 11.3 Å². The lowest BCUT2D eigenvalue weighted by Crippen LogP contribution is -2.01. The largest absolute Gasteiger partial charge is 0.383 e. The van der Waals surface area contributed by atoms with Gasteiger partial charge in [0.15, 0.2) is 0 Å². The normalized spacial score (nSPS) is 10.9. The number of nitrogen functional groups attached to an aromatic ring is 1. The number of nitrogens with zero attached hydrogens (tertiary/aromatic N) is 2. The van der Waals surface area contributed by atoms with Crippen LogP contribution in [0.15, 0.2) is 18.2 Å². The standard InChI is InChI=1S/C14H18FN3/c1-4-5-12-17-13(14(16)18(12)3)11-7-6-10(15)8-9(11)2/h6-8H,4-5,16H2,1-3H3. The average Bonchev–Trinajstić information content (AvgIpc) is 2.58. The van der Waals surface area contributed by atoms with Crippen LogP contribution in [0.3, 0.4) is 0 Å². The highest BCUT2D eigenvalue weighted by Crippen LogP contribution is 2.29. The monoisotopic (exact) mass is 247 g/mol. The molecule has 0 bridgehead atoms. The highest BCUT2D eigenvalue weighted by Gasteiger charge is 2.15. The lowest BCUT2D eigenvalue weighted by molar-refractivity contribution is 0.627. The Balaban J connectivity index is 2.53. The van der Waals surface area contributed by atoms with Crippen molar-refractivity contribution < 1.29 is 4.39 Å². The van der Waals surface area contributed by atoms with Gasteiger partial charge < -0.3 is 10.3 Å². The molecule has 0 fully saturated rings. The third-order valence-electron chi connectivity index (χ3n) is 3.15. The molecular weight excluding hydrogens is 229 g/mol. The van der Waals surface area contributed by atoms with Crippen molar-refractivity contribution in [2.24, 2.45) is 7.05 Å². The minimum absolute atomic E-state index is 0.237. The molecule has 0 saturated heterocycles. The summed E-state index contributed by atoms with van der Waals surface area (Å²) in [5.41, 5.74) is 8.57. The Labute approximate surface area is 106 Å². The maximum absolute atomic E-state index is 13.1. The van der Waals surface area contributed by atoms with Gasteiger partial charge in [-0.25, -0.2) is 9.37 Å². The molecule has 0 aliphatic carbocycles. The summed E-state index contributed by atoms with van der Waals surface area (Å²) in [4.78, 5) is 4.58. The van der Waals surface area contributed by atoms with Gasteiger partial charge in [-0.05, 0) is 37.1 Å². The van der Waals surface area contributed by atoms with Gasteiger partial charge in [-0.3, -0.25) is 0 Å². The third-order valence-corrected chi connectivity index (χ3v) is 3.15. The highest BCUT2D eigenvalue weighted by atomic mass is 19.1. The summed E-state index contributed by atoms with van der Waals surface area (Å²) in [7, 11) is 1.91. The molecule has 0 aliphatic rings. The molecule has 4 heteroatoms. The SMILES string of the molecule is CCCc1nc(-c2ccc(F)cc2C)c(N)n1C. The molecule has 0 aliphatic heterocycles. The summed E-state index contributed by atoms with van der Waals surface area (Å²) in [6.45, 7) is 3.97. The van der Waals surface area contributed by atoms with Crippen LogP contribution in [0.5, 0.6) is 0 Å². The van der Waals surface area contributed by atoms with Crippen molar-refractivity contribution in [2.75, 3.05) is 5.73 Å². The number of rotatable bonds is 3. The van der Waals surface area contributed by atoms with Gasteiger partial charge in [-0.2, -0.15) is 0 Å². The second kappa shape index (κ2) is 4.80.